The first-order chi connectivity index (χ1) is 9.74. The summed E-state index contributed by atoms with van der Waals surface area (Å²) in [5.74, 6) is 1.19. The SMILES string of the molecule is Nc1ccc(Cl)c(-c2nnnn2CC2CCOCC2)c1. The highest BCUT2D eigenvalue weighted by Crippen LogP contribution is 2.28. The molecule has 1 aliphatic rings. The smallest absolute Gasteiger partial charge is 0.183 e. The maximum absolute atomic E-state index is 6.22. The zero-order chi connectivity index (χ0) is 13.9. The second-order valence-corrected chi connectivity index (χ2v) is 5.39. The molecule has 106 valence electrons. The second-order valence-electron chi connectivity index (χ2n) is 4.98. The molecule has 1 aromatic carbocycles. The quantitative estimate of drug-likeness (QED) is 0.876. The zero-order valence-electron chi connectivity index (χ0n) is 11.0. The number of nitrogens with two attached hydrogens (primary N) is 1. The van der Waals surface area contributed by atoms with Gasteiger partial charge in [-0.3, -0.25) is 0 Å². The highest BCUT2D eigenvalue weighted by molar-refractivity contribution is 6.33. The lowest BCUT2D eigenvalue weighted by atomic mass is 10.0. The van der Waals surface area contributed by atoms with Crippen LogP contribution in [0.2, 0.25) is 5.02 Å². The van der Waals surface area contributed by atoms with E-state index < -0.39 is 0 Å². The summed E-state index contributed by atoms with van der Waals surface area (Å²) in [6.45, 7) is 2.39. The monoisotopic (exact) mass is 293 g/mol. The molecule has 0 amide bonds. The van der Waals surface area contributed by atoms with E-state index in [9.17, 15) is 0 Å². The van der Waals surface area contributed by atoms with Gasteiger partial charge in [-0.05, 0) is 47.4 Å². The number of benzene rings is 1. The number of rotatable bonds is 3. The maximum atomic E-state index is 6.22. The minimum atomic E-state index is 0.533. The Morgan fingerprint density at radius 1 is 1.35 bits per heavy atom. The molecule has 1 saturated heterocycles. The van der Waals surface area contributed by atoms with Crippen LogP contribution < -0.4 is 5.73 Å². The molecule has 0 atom stereocenters. The predicted molar refractivity (Wildman–Crippen MR) is 76.2 cm³/mol. The topological polar surface area (TPSA) is 78.9 Å². The molecule has 2 heterocycles. The number of halogens is 1. The Kier molecular flexibility index (Phi) is 3.84. The lowest BCUT2D eigenvalue weighted by Gasteiger charge is -2.22. The zero-order valence-corrected chi connectivity index (χ0v) is 11.8. The van der Waals surface area contributed by atoms with Crippen molar-refractivity contribution >= 4 is 17.3 Å². The fourth-order valence-electron chi connectivity index (χ4n) is 2.41. The van der Waals surface area contributed by atoms with Crippen LogP contribution in [-0.2, 0) is 11.3 Å². The van der Waals surface area contributed by atoms with Gasteiger partial charge in [0.15, 0.2) is 5.82 Å². The Bertz CT molecular complexity index is 594. The van der Waals surface area contributed by atoms with Crippen LogP contribution in [0.1, 0.15) is 12.8 Å². The van der Waals surface area contributed by atoms with E-state index >= 15 is 0 Å². The number of hydrogen-bond acceptors (Lipinski definition) is 5. The first-order valence-corrected chi connectivity index (χ1v) is 7.01. The van der Waals surface area contributed by atoms with Crippen molar-refractivity contribution in [1.82, 2.24) is 20.2 Å². The summed E-state index contributed by atoms with van der Waals surface area (Å²) >= 11 is 6.22. The molecule has 6 nitrogen and oxygen atoms in total. The normalized spacial score (nSPS) is 16.4. The molecule has 1 aliphatic heterocycles. The Morgan fingerprint density at radius 2 is 2.15 bits per heavy atom. The molecule has 0 unspecified atom stereocenters. The van der Waals surface area contributed by atoms with Crippen LogP contribution in [0, 0.1) is 5.92 Å². The fraction of sp³-hybridized carbons (Fsp3) is 0.462. The van der Waals surface area contributed by atoms with Crippen LogP contribution in [0.25, 0.3) is 11.4 Å². The van der Waals surface area contributed by atoms with Gasteiger partial charge in [-0.25, -0.2) is 4.68 Å². The molecule has 20 heavy (non-hydrogen) atoms. The number of nitrogens with zero attached hydrogens (tertiary/aromatic N) is 4. The molecule has 1 fully saturated rings. The number of nitrogen functional groups attached to an aromatic ring is 1. The molecular formula is C13H16ClN5O. The van der Waals surface area contributed by atoms with Gasteiger partial charge in [0.25, 0.3) is 0 Å². The number of anilines is 1. The molecule has 0 saturated carbocycles. The van der Waals surface area contributed by atoms with E-state index in [1.807, 2.05) is 0 Å². The summed E-state index contributed by atoms with van der Waals surface area (Å²) in [7, 11) is 0. The Morgan fingerprint density at radius 3 is 2.95 bits per heavy atom. The third-order valence-corrected chi connectivity index (χ3v) is 3.86. The average molecular weight is 294 g/mol. The van der Waals surface area contributed by atoms with Crippen molar-refractivity contribution in [1.29, 1.82) is 0 Å². The van der Waals surface area contributed by atoms with Crippen LogP contribution >= 0.6 is 11.6 Å². The summed E-state index contributed by atoms with van der Waals surface area (Å²) in [5.41, 5.74) is 7.23. The van der Waals surface area contributed by atoms with Crippen LogP contribution in [0.3, 0.4) is 0 Å². The van der Waals surface area contributed by atoms with Crippen molar-refractivity contribution in [2.75, 3.05) is 18.9 Å². The Hall–Kier alpha value is -1.66. The lowest BCUT2D eigenvalue weighted by Crippen LogP contribution is -2.21. The summed E-state index contributed by atoms with van der Waals surface area (Å²) < 4.78 is 7.17. The number of aromatic nitrogens is 4. The molecular weight excluding hydrogens is 278 g/mol. The lowest BCUT2D eigenvalue weighted by molar-refractivity contribution is 0.0601. The van der Waals surface area contributed by atoms with Gasteiger partial charge in [-0.1, -0.05) is 11.6 Å². The third kappa shape index (κ3) is 2.76. The highest BCUT2D eigenvalue weighted by atomic mass is 35.5. The Labute approximate surface area is 121 Å². The van der Waals surface area contributed by atoms with Crippen molar-refractivity contribution in [2.24, 2.45) is 5.92 Å². The van der Waals surface area contributed by atoms with E-state index in [0.29, 0.717) is 22.5 Å². The van der Waals surface area contributed by atoms with Gasteiger partial charge in [0.2, 0.25) is 0 Å². The highest BCUT2D eigenvalue weighted by Gasteiger charge is 2.19. The molecule has 0 bridgehead atoms. The van der Waals surface area contributed by atoms with Gasteiger partial charge < -0.3 is 10.5 Å². The van der Waals surface area contributed by atoms with Crippen LogP contribution in [0.4, 0.5) is 5.69 Å². The van der Waals surface area contributed by atoms with Gasteiger partial charge in [-0.2, -0.15) is 0 Å². The van der Waals surface area contributed by atoms with Gasteiger partial charge in [0.05, 0.1) is 5.02 Å². The molecule has 7 heteroatoms. The predicted octanol–water partition coefficient (Wildman–Crippen LogP) is 2.00. The summed E-state index contributed by atoms with van der Waals surface area (Å²) in [6.07, 6.45) is 2.06. The van der Waals surface area contributed by atoms with Gasteiger partial charge in [0.1, 0.15) is 0 Å². The third-order valence-electron chi connectivity index (χ3n) is 3.54. The van der Waals surface area contributed by atoms with Crippen LogP contribution in [0.5, 0.6) is 0 Å². The van der Waals surface area contributed by atoms with Crippen molar-refractivity contribution in [2.45, 2.75) is 19.4 Å². The van der Waals surface area contributed by atoms with E-state index in [2.05, 4.69) is 15.5 Å². The molecule has 1 aromatic heterocycles. The molecule has 2 aromatic rings. The molecule has 3 rings (SSSR count). The first-order valence-electron chi connectivity index (χ1n) is 6.63. The molecule has 2 N–H and O–H groups in total. The van der Waals surface area contributed by atoms with Crippen molar-refractivity contribution in [3.8, 4) is 11.4 Å². The maximum Gasteiger partial charge on any atom is 0.183 e. The Balaban J connectivity index is 1.87. The van der Waals surface area contributed by atoms with Crippen molar-refractivity contribution in [3.05, 3.63) is 23.2 Å². The molecule has 0 radical (unpaired) electrons. The number of ether oxygens (including phenoxy) is 1. The van der Waals surface area contributed by atoms with E-state index in [1.54, 1.807) is 22.9 Å². The van der Waals surface area contributed by atoms with Gasteiger partial charge in [0, 0.05) is 31.0 Å². The van der Waals surface area contributed by atoms with Crippen LogP contribution in [0.15, 0.2) is 18.2 Å². The standard InChI is InChI=1S/C13H16ClN5O/c14-12-2-1-10(15)7-11(12)13-16-17-18-19(13)8-9-3-5-20-6-4-9/h1-2,7,9H,3-6,8,15H2. The van der Waals surface area contributed by atoms with Gasteiger partial charge >= 0.3 is 0 Å². The minimum absolute atomic E-state index is 0.533. The summed E-state index contributed by atoms with van der Waals surface area (Å²) in [6, 6.07) is 5.33. The van der Waals surface area contributed by atoms with Crippen molar-refractivity contribution < 1.29 is 4.74 Å². The molecule has 0 aliphatic carbocycles. The minimum Gasteiger partial charge on any atom is -0.399 e. The largest absolute Gasteiger partial charge is 0.399 e. The summed E-state index contributed by atoms with van der Waals surface area (Å²) in [4.78, 5) is 0. The van der Waals surface area contributed by atoms with E-state index in [-0.39, 0.29) is 0 Å². The van der Waals surface area contributed by atoms with Crippen LogP contribution in [-0.4, -0.2) is 33.4 Å². The van der Waals surface area contributed by atoms with Crippen molar-refractivity contribution in [3.63, 3.8) is 0 Å². The number of tetrazole rings is 1. The average Bonchev–Trinajstić information content (AvgIpc) is 2.91. The number of hydrogen-bond donors (Lipinski definition) is 1. The summed E-state index contributed by atoms with van der Waals surface area (Å²) in [5, 5.41) is 12.5. The van der Waals surface area contributed by atoms with E-state index in [0.717, 1.165) is 38.2 Å². The molecule has 0 spiro atoms. The van der Waals surface area contributed by atoms with E-state index in [1.165, 1.54) is 0 Å². The van der Waals surface area contributed by atoms with Gasteiger partial charge in [-0.15, -0.1) is 5.10 Å². The van der Waals surface area contributed by atoms with E-state index in [4.69, 9.17) is 22.1 Å². The first kappa shape index (κ1) is 13.3. The second kappa shape index (κ2) is 5.76. The fourth-order valence-corrected chi connectivity index (χ4v) is 2.61.